The summed E-state index contributed by atoms with van der Waals surface area (Å²) in [6, 6.07) is 0. The summed E-state index contributed by atoms with van der Waals surface area (Å²) < 4.78 is 9.99. The number of rotatable bonds is 9. The molecular formula is C11H21NO5. The minimum absolute atomic E-state index is 0.405. The number of methoxy groups -OCH3 is 1. The van der Waals surface area contributed by atoms with Crippen LogP contribution in [0.25, 0.3) is 0 Å². The Balaban J connectivity index is 3.62. The normalized spacial score (nSPS) is 11.2. The lowest BCUT2D eigenvalue weighted by Gasteiger charge is -2.18. The lowest BCUT2D eigenvalue weighted by atomic mass is 9.93. The van der Waals surface area contributed by atoms with Crippen molar-refractivity contribution in [3.8, 4) is 0 Å². The maximum absolute atomic E-state index is 11.5. The summed E-state index contributed by atoms with van der Waals surface area (Å²) in [5.74, 6) is -1.62. The maximum Gasteiger partial charge on any atom is 0.318 e. The highest BCUT2D eigenvalue weighted by molar-refractivity contribution is 6.00. The van der Waals surface area contributed by atoms with E-state index in [-0.39, 0.29) is 0 Å². The van der Waals surface area contributed by atoms with E-state index in [2.05, 4.69) is 5.32 Å². The molecule has 0 aliphatic rings. The van der Waals surface area contributed by atoms with Gasteiger partial charge in [-0.25, -0.2) is 0 Å². The zero-order valence-electron chi connectivity index (χ0n) is 10.6. The molecule has 0 spiro atoms. The second kappa shape index (κ2) is 8.03. The van der Waals surface area contributed by atoms with Gasteiger partial charge in [0.25, 0.3) is 0 Å². The highest BCUT2D eigenvalue weighted by atomic mass is 16.5. The first-order chi connectivity index (χ1) is 7.92. The third-order valence-electron chi connectivity index (χ3n) is 2.29. The van der Waals surface area contributed by atoms with E-state index in [9.17, 15) is 9.59 Å². The van der Waals surface area contributed by atoms with Gasteiger partial charge in [-0.1, -0.05) is 0 Å². The Morgan fingerprint density at radius 3 is 2.41 bits per heavy atom. The second-order valence-electron chi connectivity index (χ2n) is 4.14. The molecule has 0 rings (SSSR count). The molecule has 0 saturated carbocycles. The molecule has 0 aromatic heterocycles. The number of carbonyl (C=O) groups excluding carboxylic acids is 1. The molecule has 6 nitrogen and oxygen atoms in total. The number of hydrogen-bond donors (Lipinski definition) is 2. The van der Waals surface area contributed by atoms with Crippen LogP contribution in [0.4, 0.5) is 0 Å². The number of carboxylic acids is 1. The number of hydrogen-bond acceptors (Lipinski definition) is 4. The van der Waals surface area contributed by atoms with E-state index in [1.807, 2.05) is 0 Å². The molecule has 6 heteroatoms. The number of carbonyl (C=O) groups is 2. The Hall–Kier alpha value is -1.14. The Bertz CT molecular complexity index is 252. The predicted octanol–water partition coefficient (Wildman–Crippen LogP) is 0.266. The third kappa shape index (κ3) is 6.23. The number of carboxylic acid groups (broad SMARTS) is 1. The van der Waals surface area contributed by atoms with E-state index in [0.29, 0.717) is 32.8 Å². The van der Waals surface area contributed by atoms with E-state index in [0.717, 1.165) is 0 Å². The SMILES string of the molecule is COCCOCCCNC(=O)C(C)(C)C(=O)O. The fourth-order valence-corrected chi connectivity index (χ4v) is 0.939. The van der Waals surface area contributed by atoms with Gasteiger partial charge in [-0.15, -0.1) is 0 Å². The number of aliphatic carboxylic acids is 1. The first-order valence-corrected chi connectivity index (χ1v) is 5.51. The molecule has 0 radical (unpaired) electrons. The molecular weight excluding hydrogens is 226 g/mol. The van der Waals surface area contributed by atoms with Gasteiger partial charge in [0, 0.05) is 20.3 Å². The monoisotopic (exact) mass is 247 g/mol. The number of amides is 1. The van der Waals surface area contributed by atoms with E-state index in [1.54, 1.807) is 7.11 Å². The fraction of sp³-hybridized carbons (Fsp3) is 0.818. The molecule has 0 aliphatic carbocycles. The van der Waals surface area contributed by atoms with Crippen LogP contribution in [0.2, 0.25) is 0 Å². The fourth-order valence-electron chi connectivity index (χ4n) is 0.939. The molecule has 0 heterocycles. The summed E-state index contributed by atoms with van der Waals surface area (Å²) in [5, 5.41) is 11.4. The topological polar surface area (TPSA) is 84.9 Å². The first-order valence-electron chi connectivity index (χ1n) is 5.51. The summed E-state index contributed by atoms with van der Waals surface area (Å²) >= 11 is 0. The van der Waals surface area contributed by atoms with Crippen LogP contribution in [-0.4, -0.2) is 50.5 Å². The predicted molar refractivity (Wildman–Crippen MR) is 61.7 cm³/mol. The quantitative estimate of drug-likeness (QED) is 0.451. The standard InChI is InChI=1S/C11H21NO5/c1-11(2,10(14)15)9(13)12-5-4-6-17-8-7-16-3/h4-8H2,1-3H3,(H,12,13)(H,14,15). The van der Waals surface area contributed by atoms with Crippen LogP contribution in [0.3, 0.4) is 0 Å². The Labute approximate surface area is 101 Å². The highest BCUT2D eigenvalue weighted by Gasteiger charge is 2.35. The van der Waals surface area contributed by atoms with E-state index in [4.69, 9.17) is 14.6 Å². The van der Waals surface area contributed by atoms with E-state index < -0.39 is 17.3 Å². The maximum atomic E-state index is 11.5. The average Bonchev–Trinajstić information content (AvgIpc) is 2.27. The van der Waals surface area contributed by atoms with Gasteiger partial charge in [0.1, 0.15) is 5.41 Å². The van der Waals surface area contributed by atoms with Crippen molar-refractivity contribution in [1.82, 2.24) is 5.32 Å². The van der Waals surface area contributed by atoms with E-state index >= 15 is 0 Å². The van der Waals surface area contributed by atoms with Crippen LogP contribution in [-0.2, 0) is 19.1 Å². The lowest BCUT2D eigenvalue weighted by Crippen LogP contribution is -2.42. The van der Waals surface area contributed by atoms with Gasteiger partial charge in [-0.2, -0.15) is 0 Å². The van der Waals surface area contributed by atoms with Crippen molar-refractivity contribution in [2.75, 3.05) is 33.5 Å². The van der Waals surface area contributed by atoms with Crippen molar-refractivity contribution >= 4 is 11.9 Å². The van der Waals surface area contributed by atoms with Crippen molar-refractivity contribution in [3.05, 3.63) is 0 Å². The summed E-state index contributed by atoms with van der Waals surface area (Å²) in [7, 11) is 1.59. The second-order valence-corrected chi connectivity index (χ2v) is 4.14. The Kier molecular flexibility index (Phi) is 7.49. The molecule has 0 aliphatic heterocycles. The molecule has 2 N–H and O–H groups in total. The van der Waals surface area contributed by atoms with Gasteiger partial charge in [-0.3, -0.25) is 9.59 Å². The first kappa shape index (κ1) is 15.9. The zero-order valence-corrected chi connectivity index (χ0v) is 10.6. The van der Waals surface area contributed by atoms with Gasteiger partial charge in [-0.05, 0) is 20.3 Å². The summed E-state index contributed by atoms with van der Waals surface area (Å²) in [4.78, 5) is 22.3. The van der Waals surface area contributed by atoms with Crippen LogP contribution in [0, 0.1) is 5.41 Å². The van der Waals surface area contributed by atoms with Crippen molar-refractivity contribution in [2.45, 2.75) is 20.3 Å². The molecule has 0 atom stereocenters. The zero-order chi connectivity index (χ0) is 13.3. The molecule has 0 unspecified atom stereocenters. The molecule has 0 bridgehead atoms. The van der Waals surface area contributed by atoms with Crippen molar-refractivity contribution in [1.29, 1.82) is 0 Å². The Morgan fingerprint density at radius 2 is 1.88 bits per heavy atom. The number of ether oxygens (including phenoxy) is 2. The average molecular weight is 247 g/mol. The minimum Gasteiger partial charge on any atom is -0.480 e. The van der Waals surface area contributed by atoms with Gasteiger partial charge in [0.2, 0.25) is 5.91 Å². The molecule has 0 fully saturated rings. The molecule has 1 amide bonds. The van der Waals surface area contributed by atoms with Gasteiger partial charge >= 0.3 is 5.97 Å². The van der Waals surface area contributed by atoms with Crippen LogP contribution in [0.5, 0.6) is 0 Å². The molecule has 17 heavy (non-hydrogen) atoms. The van der Waals surface area contributed by atoms with E-state index in [1.165, 1.54) is 13.8 Å². The highest BCUT2D eigenvalue weighted by Crippen LogP contribution is 2.14. The van der Waals surface area contributed by atoms with Crippen molar-refractivity contribution in [3.63, 3.8) is 0 Å². The van der Waals surface area contributed by atoms with Crippen LogP contribution in [0.15, 0.2) is 0 Å². The molecule has 0 aromatic carbocycles. The van der Waals surface area contributed by atoms with Crippen molar-refractivity contribution < 1.29 is 24.2 Å². The number of nitrogens with one attached hydrogen (secondary N) is 1. The summed E-state index contributed by atoms with van der Waals surface area (Å²) in [6.45, 7) is 4.72. The Morgan fingerprint density at radius 1 is 1.24 bits per heavy atom. The van der Waals surface area contributed by atoms with Crippen molar-refractivity contribution in [2.24, 2.45) is 5.41 Å². The lowest BCUT2D eigenvalue weighted by molar-refractivity contribution is -0.153. The van der Waals surface area contributed by atoms with Gasteiger partial charge in [0.15, 0.2) is 0 Å². The summed E-state index contributed by atoms with van der Waals surface area (Å²) in [6.07, 6.45) is 0.644. The molecule has 0 saturated heterocycles. The van der Waals surface area contributed by atoms with Crippen LogP contribution >= 0.6 is 0 Å². The molecule has 100 valence electrons. The van der Waals surface area contributed by atoms with Crippen LogP contribution < -0.4 is 5.32 Å². The summed E-state index contributed by atoms with van der Waals surface area (Å²) in [5.41, 5.74) is -1.39. The third-order valence-corrected chi connectivity index (χ3v) is 2.29. The minimum atomic E-state index is -1.39. The van der Waals surface area contributed by atoms with Crippen LogP contribution in [0.1, 0.15) is 20.3 Å². The largest absolute Gasteiger partial charge is 0.480 e. The van der Waals surface area contributed by atoms with Gasteiger partial charge in [0.05, 0.1) is 13.2 Å². The smallest absolute Gasteiger partial charge is 0.318 e. The molecule has 0 aromatic rings. The van der Waals surface area contributed by atoms with Gasteiger partial charge < -0.3 is 19.9 Å².